The maximum absolute atomic E-state index is 12.7. The number of fused-ring (bicyclic) bond motifs is 1. The smallest absolute Gasteiger partial charge is 0.382 e. The largest absolute Gasteiger partial charge is 0.417 e. The van der Waals surface area contributed by atoms with Gasteiger partial charge < -0.3 is 15.5 Å². The highest BCUT2D eigenvalue weighted by molar-refractivity contribution is 7.22. The summed E-state index contributed by atoms with van der Waals surface area (Å²) in [5, 5.41) is 24.7. The van der Waals surface area contributed by atoms with E-state index in [2.05, 4.69) is 30.6 Å². The van der Waals surface area contributed by atoms with Crippen LogP contribution in [0.15, 0.2) is 48.9 Å². The third kappa shape index (κ3) is 5.37. The zero-order valence-corrected chi connectivity index (χ0v) is 18.9. The van der Waals surface area contributed by atoms with E-state index < -0.39 is 30.2 Å². The normalized spacial score (nSPS) is 13.4. The Labute approximate surface area is 200 Å². The number of thiazole rings is 1. The van der Waals surface area contributed by atoms with Gasteiger partial charge in [0.25, 0.3) is 0 Å². The summed E-state index contributed by atoms with van der Waals surface area (Å²) < 4.78 is 38.9. The van der Waals surface area contributed by atoms with Crippen molar-refractivity contribution in [1.82, 2.24) is 25.3 Å². The first-order valence-corrected chi connectivity index (χ1v) is 11.1. The molecule has 0 saturated carbocycles. The number of pyridine rings is 1. The molecule has 9 nitrogen and oxygen atoms in total. The average molecular weight is 504 g/mol. The Morgan fingerprint density at radius 1 is 1.11 bits per heavy atom. The lowest BCUT2D eigenvalue weighted by Crippen LogP contribution is -2.35. The van der Waals surface area contributed by atoms with Crippen LogP contribution < -0.4 is 10.6 Å². The number of rotatable bonds is 6. The minimum Gasteiger partial charge on any atom is -0.382 e. The Hall–Kier alpha value is -3.68. The van der Waals surface area contributed by atoms with Gasteiger partial charge in [0.15, 0.2) is 17.1 Å². The van der Waals surface area contributed by atoms with Gasteiger partial charge in [-0.25, -0.2) is 19.7 Å². The molecule has 1 aromatic carbocycles. The van der Waals surface area contributed by atoms with Crippen LogP contribution in [0.3, 0.4) is 0 Å². The van der Waals surface area contributed by atoms with Crippen molar-refractivity contribution >= 4 is 32.7 Å². The topological polar surface area (TPSA) is 133 Å². The first-order chi connectivity index (χ1) is 16.7. The molecule has 0 unspecified atom stereocenters. The number of aromatic nitrogens is 4. The third-order valence-corrected chi connectivity index (χ3v) is 5.91. The fraction of sp³-hybridized carbons (Fsp3) is 0.227. The Morgan fingerprint density at radius 2 is 1.86 bits per heavy atom. The van der Waals surface area contributed by atoms with Gasteiger partial charge in [-0.1, -0.05) is 17.4 Å². The molecule has 35 heavy (non-hydrogen) atoms. The second-order valence-corrected chi connectivity index (χ2v) is 8.35. The van der Waals surface area contributed by atoms with E-state index in [-0.39, 0.29) is 0 Å². The van der Waals surface area contributed by atoms with Gasteiger partial charge in [-0.15, -0.1) is 0 Å². The lowest BCUT2D eigenvalue weighted by atomic mass is 10.0. The average Bonchev–Trinajstić information content (AvgIpc) is 3.24. The monoisotopic (exact) mass is 504 g/mol. The Bertz CT molecular complexity index is 1330. The predicted octanol–water partition coefficient (Wildman–Crippen LogP) is 3.91. The maximum atomic E-state index is 12.7. The SMILES string of the molecule is CCNC(=O)Nc1nc2cc(-c3cnc([C@@H](O)[C@H](O)C(F)(F)F)nc3)cc(-c3ccccn3)c2s1. The molecule has 0 aliphatic rings. The Balaban J connectivity index is 1.74. The van der Waals surface area contributed by atoms with E-state index in [0.29, 0.717) is 34.0 Å². The second kappa shape index (κ2) is 9.90. The number of hydrogen-bond acceptors (Lipinski definition) is 8. The van der Waals surface area contributed by atoms with E-state index in [0.717, 1.165) is 10.3 Å². The summed E-state index contributed by atoms with van der Waals surface area (Å²) in [7, 11) is 0. The van der Waals surface area contributed by atoms with Gasteiger partial charge in [0.1, 0.15) is 6.10 Å². The van der Waals surface area contributed by atoms with Crippen LogP contribution >= 0.6 is 11.3 Å². The molecule has 4 rings (SSSR count). The van der Waals surface area contributed by atoms with Crippen LogP contribution in [-0.4, -0.2) is 55.0 Å². The van der Waals surface area contributed by atoms with Gasteiger partial charge in [-0.3, -0.25) is 10.3 Å². The molecule has 0 radical (unpaired) electrons. The predicted molar refractivity (Wildman–Crippen MR) is 124 cm³/mol. The van der Waals surface area contributed by atoms with Crippen molar-refractivity contribution in [2.24, 2.45) is 0 Å². The van der Waals surface area contributed by atoms with E-state index in [1.165, 1.54) is 23.7 Å². The summed E-state index contributed by atoms with van der Waals surface area (Å²) >= 11 is 1.27. The van der Waals surface area contributed by atoms with Crippen molar-refractivity contribution in [3.8, 4) is 22.4 Å². The second-order valence-electron chi connectivity index (χ2n) is 7.35. The molecule has 2 amide bonds. The molecule has 0 aliphatic heterocycles. The number of aliphatic hydroxyl groups is 2. The van der Waals surface area contributed by atoms with Gasteiger partial charge >= 0.3 is 12.2 Å². The molecule has 0 saturated heterocycles. The summed E-state index contributed by atoms with van der Waals surface area (Å²) in [4.78, 5) is 28.4. The number of benzene rings is 1. The van der Waals surface area contributed by atoms with Crippen molar-refractivity contribution in [3.63, 3.8) is 0 Å². The van der Waals surface area contributed by atoms with Crippen LogP contribution in [0.25, 0.3) is 32.6 Å². The number of hydrogen-bond donors (Lipinski definition) is 4. The number of nitrogens with one attached hydrogen (secondary N) is 2. The van der Waals surface area contributed by atoms with E-state index in [4.69, 9.17) is 0 Å². The molecule has 4 aromatic rings. The fourth-order valence-corrected chi connectivity index (χ4v) is 4.19. The minimum atomic E-state index is -5.02. The van der Waals surface area contributed by atoms with Crippen molar-refractivity contribution in [2.75, 3.05) is 11.9 Å². The number of alkyl halides is 3. The van der Waals surface area contributed by atoms with Gasteiger partial charge in [-0.05, 0) is 36.8 Å². The first-order valence-electron chi connectivity index (χ1n) is 10.3. The molecular formula is C22H19F3N6O3S. The van der Waals surface area contributed by atoms with E-state index >= 15 is 0 Å². The number of anilines is 1. The number of aliphatic hydroxyl groups excluding tert-OH is 2. The number of carbonyl (C=O) groups is 1. The van der Waals surface area contributed by atoms with Crippen LogP contribution in [0, 0.1) is 0 Å². The third-order valence-electron chi connectivity index (χ3n) is 4.89. The summed E-state index contributed by atoms with van der Waals surface area (Å²) in [5.74, 6) is -0.563. The molecule has 4 N–H and O–H groups in total. The molecular weight excluding hydrogens is 485 g/mol. The standard InChI is InChI=1S/C22H19F3N6O3S/c1-2-26-20(34)31-21-30-15-8-11(7-13(17(15)35-21)14-5-3-4-6-27-14)12-9-28-19(29-10-12)16(32)18(33)22(23,24)25/h3-10,16,18,32-33H,2H2,1H3,(H2,26,30,31,34)/t16-,18-/m0/s1. The zero-order chi connectivity index (χ0) is 25.2. The molecule has 182 valence electrons. The zero-order valence-electron chi connectivity index (χ0n) is 18.1. The highest BCUT2D eigenvalue weighted by Gasteiger charge is 2.44. The van der Waals surface area contributed by atoms with Crippen molar-refractivity contribution in [1.29, 1.82) is 0 Å². The van der Waals surface area contributed by atoms with Crippen LogP contribution in [0.1, 0.15) is 18.9 Å². The molecule has 0 bridgehead atoms. The van der Waals surface area contributed by atoms with Crippen molar-refractivity contribution in [2.45, 2.75) is 25.3 Å². The Morgan fingerprint density at radius 3 is 2.49 bits per heavy atom. The van der Waals surface area contributed by atoms with Crippen LogP contribution in [0.5, 0.6) is 0 Å². The highest BCUT2D eigenvalue weighted by Crippen LogP contribution is 2.38. The minimum absolute atomic E-state index is 0.371. The maximum Gasteiger partial charge on any atom is 0.417 e. The van der Waals surface area contributed by atoms with Gasteiger partial charge in [0.05, 0.1) is 15.9 Å². The number of halogens is 3. The molecule has 13 heteroatoms. The quantitative estimate of drug-likeness (QED) is 0.313. The summed E-state index contributed by atoms with van der Waals surface area (Å²) in [5.41, 5.74) is 2.94. The molecule has 0 spiro atoms. The molecule has 0 fully saturated rings. The van der Waals surface area contributed by atoms with E-state index in [1.807, 2.05) is 12.1 Å². The van der Waals surface area contributed by atoms with Crippen LogP contribution in [0.2, 0.25) is 0 Å². The highest BCUT2D eigenvalue weighted by atomic mass is 32.1. The number of amides is 2. The number of carbonyl (C=O) groups excluding carboxylic acids is 1. The summed E-state index contributed by atoms with van der Waals surface area (Å²) in [6.07, 6.45) is -6.22. The van der Waals surface area contributed by atoms with Crippen molar-refractivity contribution < 1.29 is 28.2 Å². The molecule has 2 atom stereocenters. The van der Waals surface area contributed by atoms with Gasteiger partial charge in [-0.2, -0.15) is 13.2 Å². The van der Waals surface area contributed by atoms with E-state index in [9.17, 15) is 28.2 Å². The van der Waals surface area contributed by atoms with Gasteiger partial charge in [0, 0.05) is 36.3 Å². The fourth-order valence-electron chi connectivity index (χ4n) is 3.23. The van der Waals surface area contributed by atoms with Gasteiger partial charge in [0.2, 0.25) is 0 Å². The molecule has 3 heterocycles. The lowest BCUT2D eigenvalue weighted by Gasteiger charge is -2.19. The van der Waals surface area contributed by atoms with Crippen LogP contribution in [0.4, 0.5) is 23.1 Å². The number of nitrogens with zero attached hydrogens (tertiary/aromatic N) is 4. The van der Waals surface area contributed by atoms with Crippen LogP contribution in [-0.2, 0) is 0 Å². The lowest BCUT2D eigenvalue weighted by molar-refractivity contribution is -0.232. The molecule has 3 aromatic heterocycles. The van der Waals surface area contributed by atoms with Crippen molar-refractivity contribution in [3.05, 3.63) is 54.7 Å². The first kappa shape index (κ1) is 24.4. The summed E-state index contributed by atoms with van der Waals surface area (Å²) in [6.45, 7) is 2.24. The number of urea groups is 1. The van der Waals surface area contributed by atoms with E-state index in [1.54, 1.807) is 31.3 Å². The summed E-state index contributed by atoms with van der Waals surface area (Å²) in [6, 6.07) is 8.53. The Kier molecular flexibility index (Phi) is 6.91. The molecule has 0 aliphatic carbocycles.